The highest BCUT2D eigenvalue weighted by atomic mass is 32.1. The molecule has 31 heavy (non-hydrogen) atoms. The van der Waals surface area contributed by atoms with Gasteiger partial charge in [-0.05, 0) is 42.5 Å². The summed E-state index contributed by atoms with van der Waals surface area (Å²) in [6, 6.07) is 13.7. The third-order valence-electron chi connectivity index (χ3n) is 4.75. The van der Waals surface area contributed by atoms with Crippen LogP contribution in [0.4, 0.5) is 5.69 Å². The molecular weight excluding hydrogens is 416 g/mol. The van der Waals surface area contributed by atoms with Crippen molar-refractivity contribution in [2.24, 2.45) is 0 Å². The molecule has 0 saturated carbocycles. The minimum Gasteiger partial charge on any atom is -0.506 e. The van der Waals surface area contributed by atoms with Crippen molar-refractivity contribution in [2.45, 2.75) is 6.54 Å². The molecule has 0 saturated heterocycles. The second kappa shape index (κ2) is 8.50. The van der Waals surface area contributed by atoms with Gasteiger partial charge in [0.05, 0.1) is 17.5 Å². The van der Waals surface area contributed by atoms with Crippen LogP contribution in [0, 0.1) is 0 Å². The number of thiocarbonyl (C=S) groups is 1. The van der Waals surface area contributed by atoms with E-state index in [1.165, 1.54) is 18.5 Å². The zero-order valence-electron chi connectivity index (χ0n) is 16.2. The van der Waals surface area contributed by atoms with Crippen molar-refractivity contribution in [3.63, 3.8) is 0 Å². The van der Waals surface area contributed by atoms with Crippen molar-refractivity contribution in [3.8, 4) is 5.75 Å². The van der Waals surface area contributed by atoms with Crippen LogP contribution in [-0.4, -0.2) is 37.4 Å². The number of aromatic nitrogens is 2. The summed E-state index contributed by atoms with van der Waals surface area (Å²) in [7, 11) is 0. The van der Waals surface area contributed by atoms with Gasteiger partial charge >= 0.3 is 0 Å². The Morgan fingerprint density at radius 3 is 2.65 bits per heavy atom. The van der Waals surface area contributed by atoms with Crippen LogP contribution < -0.4 is 16.1 Å². The third-order valence-corrected chi connectivity index (χ3v) is 4.95. The zero-order valence-corrected chi connectivity index (χ0v) is 17.0. The van der Waals surface area contributed by atoms with E-state index in [4.69, 9.17) is 12.2 Å². The fourth-order valence-electron chi connectivity index (χ4n) is 3.43. The van der Waals surface area contributed by atoms with Gasteiger partial charge in [0.25, 0.3) is 5.91 Å². The second-order valence-electron chi connectivity index (χ2n) is 6.75. The van der Waals surface area contributed by atoms with Crippen LogP contribution >= 0.6 is 12.2 Å². The minimum atomic E-state index is -0.696. The van der Waals surface area contributed by atoms with Gasteiger partial charge in [-0.3, -0.25) is 19.9 Å². The number of phenols is 1. The fraction of sp³-hybridized carbons (Fsp3) is 0.0909. The Bertz CT molecular complexity index is 1370. The number of rotatable bonds is 4. The van der Waals surface area contributed by atoms with Gasteiger partial charge in [-0.2, -0.15) is 0 Å². The van der Waals surface area contributed by atoms with Crippen molar-refractivity contribution in [2.75, 3.05) is 11.9 Å². The second-order valence-corrected chi connectivity index (χ2v) is 7.16. The van der Waals surface area contributed by atoms with E-state index in [1.807, 2.05) is 18.2 Å². The molecule has 0 spiro atoms. The first-order valence-corrected chi connectivity index (χ1v) is 9.82. The molecule has 0 fully saturated rings. The SMILES string of the molecule is O=C(NC(=S)Nc1ccccc1)c1cn(CCO)c2c(cc(O)c3ncccc32)c1=O. The number of para-hydroxylation sites is 1. The van der Waals surface area contributed by atoms with E-state index in [0.717, 1.165) is 0 Å². The van der Waals surface area contributed by atoms with Gasteiger partial charge in [-0.25, -0.2) is 0 Å². The maximum Gasteiger partial charge on any atom is 0.262 e. The first kappa shape index (κ1) is 20.5. The van der Waals surface area contributed by atoms with Gasteiger partial charge in [0.1, 0.15) is 16.8 Å². The lowest BCUT2D eigenvalue weighted by Crippen LogP contribution is -2.37. The average Bonchev–Trinajstić information content (AvgIpc) is 2.76. The molecule has 0 atom stereocenters. The Morgan fingerprint density at radius 2 is 1.90 bits per heavy atom. The largest absolute Gasteiger partial charge is 0.506 e. The highest BCUT2D eigenvalue weighted by molar-refractivity contribution is 7.80. The molecule has 0 aliphatic carbocycles. The molecule has 9 heteroatoms. The smallest absolute Gasteiger partial charge is 0.262 e. The Labute approximate surface area is 181 Å². The van der Waals surface area contributed by atoms with Crippen molar-refractivity contribution in [1.82, 2.24) is 14.9 Å². The molecule has 0 aliphatic heterocycles. The summed E-state index contributed by atoms with van der Waals surface area (Å²) < 4.78 is 1.60. The third kappa shape index (κ3) is 3.96. The van der Waals surface area contributed by atoms with E-state index in [2.05, 4.69) is 15.6 Å². The summed E-state index contributed by atoms with van der Waals surface area (Å²) >= 11 is 5.18. The number of hydrogen-bond donors (Lipinski definition) is 4. The number of fused-ring (bicyclic) bond motifs is 3. The summed E-state index contributed by atoms with van der Waals surface area (Å²) in [4.78, 5) is 30.1. The number of pyridine rings is 2. The Morgan fingerprint density at radius 1 is 1.13 bits per heavy atom. The normalized spacial score (nSPS) is 10.9. The lowest BCUT2D eigenvalue weighted by Gasteiger charge is -2.15. The highest BCUT2D eigenvalue weighted by Gasteiger charge is 2.19. The van der Waals surface area contributed by atoms with Crippen LogP contribution in [0.2, 0.25) is 0 Å². The molecule has 0 bridgehead atoms. The number of benzene rings is 2. The van der Waals surface area contributed by atoms with Crippen molar-refractivity contribution < 1.29 is 15.0 Å². The molecule has 2 heterocycles. The van der Waals surface area contributed by atoms with E-state index in [-0.39, 0.29) is 35.0 Å². The summed E-state index contributed by atoms with van der Waals surface area (Å²) in [6.07, 6.45) is 2.91. The predicted molar refractivity (Wildman–Crippen MR) is 122 cm³/mol. The van der Waals surface area contributed by atoms with Crippen molar-refractivity contribution in [1.29, 1.82) is 0 Å². The average molecular weight is 434 g/mol. The number of carbonyl (C=O) groups is 1. The van der Waals surface area contributed by atoms with E-state index < -0.39 is 11.3 Å². The van der Waals surface area contributed by atoms with E-state index in [9.17, 15) is 19.8 Å². The summed E-state index contributed by atoms with van der Waals surface area (Å²) in [6.45, 7) is -0.0752. The number of aromatic hydroxyl groups is 1. The maximum atomic E-state index is 13.1. The van der Waals surface area contributed by atoms with Gasteiger partial charge in [0.15, 0.2) is 5.11 Å². The number of nitrogens with one attached hydrogen (secondary N) is 2. The summed E-state index contributed by atoms with van der Waals surface area (Å²) in [5, 5.41) is 26.0. The molecule has 8 nitrogen and oxygen atoms in total. The van der Waals surface area contributed by atoms with Crippen LogP contribution in [0.15, 0.2) is 65.7 Å². The van der Waals surface area contributed by atoms with Crippen LogP contribution in [0.1, 0.15) is 10.4 Å². The zero-order chi connectivity index (χ0) is 22.0. The molecule has 4 aromatic rings. The Balaban J connectivity index is 1.78. The van der Waals surface area contributed by atoms with Gasteiger partial charge in [0.2, 0.25) is 5.43 Å². The number of carbonyl (C=O) groups excluding carboxylic acids is 1. The number of amides is 1. The Kier molecular flexibility index (Phi) is 5.61. The molecule has 4 rings (SSSR count). The monoisotopic (exact) mass is 434 g/mol. The molecule has 1 amide bonds. The van der Waals surface area contributed by atoms with Gasteiger partial charge in [0, 0.05) is 30.0 Å². The number of aliphatic hydroxyl groups excluding tert-OH is 1. The molecule has 0 unspecified atom stereocenters. The Hall–Kier alpha value is -3.82. The fourth-order valence-corrected chi connectivity index (χ4v) is 3.64. The summed E-state index contributed by atoms with van der Waals surface area (Å²) in [5.74, 6) is -0.868. The van der Waals surface area contributed by atoms with Crippen LogP contribution in [-0.2, 0) is 6.54 Å². The van der Waals surface area contributed by atoms with Crippen LogP contribution in [0.3, 0.4) is 0 Å². The van der Waals surface area contributed by atoms with E-state index >= 15 is 0 Å². The molecule has 0 aliphatic rings. The molecule has 0 radical (unpaired) electrons. The topological polar surface area (TPSA) is 116 Å². The highest BCUT2D eigenvalue weighted by Crippen LogP contribution is 2.30. The molecule has 156 valence electrons. The van der Waals surface area contributed by atoms with Crippen LogP contribution in [0.25, 0.3) is 21.8 Å². The number of phenolic OH excluding ortho intramolecular Hbond substituents is 1. The summed E-state index contributed by atoms with van der Waals surface area (Å²) in [5.41, 5.74) is 0.756. The number of hydrogen-bond acceptors (Lipinski definition) is 6. The maximum absolute atomic E-state index is 13.1. The first-order chi connectivity index (χ1) is 15.0. The van der Waals surface area contributed by atoms with E-state index in [1.54, 1.807) is 28.8 Å². The lowest BCUT2D eigenvalue weighted by atomic mass is 10.1. The lowest BCUT2D eigenvalue weighted by molar-refractivity contribution is 0.0976. The molecule has 4 N–H and O–H groups in total. The van der Waals surface area contributed by atoms with Gasteiger partial charge in [-0.1, -0.05) is 18.2 Å². The number of nitrogens with zero attached hydrogens (tertiary/aromatic N) is 2. The van der Waals surface area contributed by atoms with Gasteiger partial charge < -0.3 is 20.1 Å². The number of anilines is 1. The number of aliphatic hydroxyl groups is 1. The minimum absolute atomic E-state index is 0.0370. The standard InChI is InChI=1S/C22H18N4O4S/c27-10-9-26-12-16(21(30)25-22(31)24-13-5-2-1-3-6-13)20(29)15-11-17(28)18-14(19(15)26)7-4-8-23-18/h1-8,11-12,27-28H,9-10H2,(H2,24,25,30,31). The molecular formula is C22H18N4O4S. The van der Waals surface area contributed by atoms with E-state index in [0.29, 0.717) is 22.1 Å². The quantitative estimate of drug-likeness (QED) is 0.288. The van der Waals surface area contributed by atoms with Gasteiger partial charge in [-0.15, -0.1) is 0 Å². The molecule has 2 aromatic carbocycles. The van der Waals surface area contributed by atoms with Crippen molar-refractivity contribution in [3.05, 3.63) is 76.7 Å². The first-order valence-electron chi connectivity index (χ1n) is 9.41. The van der Waals surface area contributed by atoms with Crippen molar-refractivity contribution >= 4 is 50.7 Å². The molecule has 2 aromatic heterocycles. The predicted octanol–water partition coefficient (Wildman–Crippen LogP) is 2.37. The van der Waals surface area contributed by atoms with Crippen LogP contribution in [0.5, 0.6) is 5.75 Å².